The van der Waals surface area contributed by atoms with Gasteiger partial charge in [-0.3, -0.25) is 9.48 Å². The molecule has 0 aliphatic heterocycles. The second-order valence-corrected chi connectivity index (χ2v) is 5.37. The average molecular weight is 310 g/mol. The number of carbonyl (C=O) groups is 1. The summed E-state index contributed by atoms with van der Waals surface area (Å²) in [6.07, 6.45) is 3.77. The lowest BCUT2D eigenvalue weighted by Crippen LogP contribution is -2.32. The van der Waals surface area contributed by atoms with Crippen molar-refractivity contribution in [2.24, 2.45) is 0 Å². The van der Waals surface area contributed by atoms with E-state index in [0.29, 0.717) is 12.3 Å². The SMILES string of the molecule is Cc1cc(CC(=O)N[C@H](Cn2cccn2)c2ccccc2)on1. The normalized spacial score (nSPS) is 12.0. The van der Waals surface area contributed by atoms with Gasteiger partial charge in [0.1, 0.15) is 5.76 Å². The summed E-state index contributed by atoms with van der Waals surface area (Å²) in [7, 11) is 0. The van der Waals surface area contributed by atoms with Gasteiger partial charge in [0, 0.05) is 18.5 Å². The summed E-state index contributed by atoms with van der Waals surface area (Å²) < 4.78 is 6.90. The van der Waals surface area contributed by atoms with Gasteiger partial charge in [0.2, 0.25) is 5.91 Å². The minimum Gasteiger partial charge on any atom is -0.361 e. The minimum atomic E-state index is -0.160. The number of rotatable bonds is 6. The molecular formula is C17H18N4O2. The Bertz CT molecular complexity index is 750. The van der Waals surface area contributed by atoms with Gasteiger partial charge in [-0.05, 0) is 18.6 Å². The molecule has 23 heavy (non-hydrogen) atoms. The number of hydrogen-bond donors (Lipinski definition) is 1. The number of aryl methyl sites for hydroxylation is 1. The van der Waals surface area contributed by atoms with Crippen LogP contribution < -0.4 is 5.32 Å². The van der Waals surface area contributed by atoms with E-state index in [2.05, 4.69) is 15.6 Å². The molecule has 6 nitrogen and oxygen atoms in total. The molecule has 2 heterocycles. The highest BCUT2D eigenvalue weighted by atomic mass is 16.5. The molecule has 0 spiro atoms. The van der Waals surface area contributed by atoms with Crippen molar-refractivity contribution >= 4 is 5.91 Å². The van der Waals surface area contributed by atoms with Crippen molar-refractivity contribution in [1.82, 2.24) is 20.3 Å². The maximum absolute atomic E-state index is 12.3. The molecule has 1 atom stereocenters. The van der Waals surface area contributed by atoms with E-state index in [-0.39, 0.29) is 18.4 Å². The molecule has 0 fully saturated rings. The zero-order valence-corrected chi connectivity index (χ0v) is 12.8. The molecule has 3 aromatic rings. The van der Waals surface area contributed by atoms with Gasteiger partial charge in [0.15, 0.2) is 0 Å². The van der Waals surface area contributed by atoms with Crippen molar-refractivity contribution in [2.45, 2.75) is 25.9 Å². The standard InChI is InChI=1S/C17H18N4O2/c1-13-10-15(23-20-13)11-17(22)19-16(12-21-9-5-8-18-21)14-6-3-2-4-7-14/h2-10,16H,11-12H2,1H3,(H,19,22)/t16-/m1/s1. The fourth-order valence-corrected chi connectivity index (χ4v) is 2.42. The minimum absolute atomic E-state index is 0.109. The van der Waals surface area contributed by atoms with Crippen molar-refractivity contribution < 1.29 is 9.32 Å². The van der Waals surface area contributed by atoms with Crippen LogP contribution in [0.5, 0.6) is 0 Å². The summed E-state index contributed by atoms with van der Waals surface area (Å²) in [6.45, 7) is 2.40. The maximum Gasteiger partial charge on any atom is 0.228 e. The van der Waals surface area contributed by atoms with Crippen LogP contribution in [0.2, 0.25) is 0 Å². The molecule has 1 aromatic carbocycles. The van der Waals surface area contributed by atoms with Crippen molar-refractivity contribution in [1.29, 1.82) is 0 Å². The number of hydrogen-bond acceptors (Lipinski definition) is 4. The zero-order chi connectivity index (χ0) is 16.1. The largest absolute Gasteiger partial charge is 0.361 e. The average Bonchev–Trinajstić information content (AvgIpc) is 3.19. The Kier molecular flexibility index (Phi) is 4.52. The third-order valence-electron chi connectivity index (χ3n) is 3.48. The van der Waals surface area contributed by atoms with Crippen LogP contribution in [-0.4, -0.2) is 20.8 Å². The fourth-order valence-electron chi connectivity index (χ4n) is 2.42. The number of aromatic nitrogens is 3. The molecule has 2 aromatic heterocycles. The molecule has 1 amide bonds. The first-order valence-electron chi connectivity index (χ1n) is 7.44. The number of carbonyl (C=O) groups excluding carboxylic acids is 1. The van der Waals surface area contributed by atoms with Crippen molar-refractivity contribution in [3.05, 3.63) is 71.9 Å². The molecule has 118 valence electrons. The van der Waals surface area contributed by atoms with E-state index in [1.165, 1.54) is 0 Å². The van der Waals surface area contributed by atoms with Gasteiger partial charge in [-0.2, -0.15) is 5.10 Å². The molecule has 0 saturated heterocycles. The van der Waals surface area contributed by atoms with Crippen LogP contribution in [0.3, 0.4) is 0 Å². The molecule has 0 saturated carbocycles. The number of amides is 1. The molecule has 0 unspecified atom stereocenters. The third kappa shape index (κ3) is 4.06. The lowest BCUT2D eigenvalue weighted by molar-refractivity contribution is -0.121. The van der Waals surface area contributed by atoms with E-state index in [1.54, 1.807) is 16.9 Å². The highest BCUT2D eigenvalue weighted by molar-refractivity contribution is 5.78. The van der Waals surface area contributed by atoms with Crippen LogP contribution in [0.1, 0.15) is 23.1 Å². The second kappa shape index (κ2) is 6.91. The van der Waals surface area contributed by atoms with E-state index in [4.69, 9.17) is 4.52 Å². The highest BCUT2D eigenvalue weighted by Crippen LogP contribution is 2.15. The predicted octanol–water partition coefficient (Wildman–Crippen LogP) is 2.28. The Labute approximate surface area is 134 Å². The smallest absolute Gasteiger partial charge is 0.228 e. The van der Waals surface area contributed by atoms with Crippen LogP contribution in [0.25, 0.3) is 0 Å². The first-order valence-corrected chi connectivity index (χ1v) is 7.44. The summed E-state index contributed by atoms with van der Waals surface area (Å²) >= 11 is 0. The van der Waals surface area contributed by atoms with Crippen molar-refractivity contribution in [3.8, 4) is 0 Å². The predicted molar refractivity (Wildman–Crippen MR) is 84.5 cm³/mol. The van der Waals surface area contributed by atoms with Crippen LogP contribution in [0.4, 0.5) is 0 Å². The fraction of sp³-hybridized carbons (Fsp3) is 0.235. The summed E-state index contributed by atoms with van der Waals surface area (Å²) in [5, 5.41) is 11.1. The molecular weight excluding hydrogens is 292 g/mol. The topological polar surface area (TPSA) is 73.0 Å². The molecule has 0 aliphatic rings. The Morgan fingerprint density at radius 2 is 2.13 bits per heavy atom. The van der Waals surface area contributed by atoms with E-state index >= 15 is 0 Å². The molecule has 6 heteroatoms. The maximum atomic E-state index is 12.3. The lowest BCUT2D eigenvalue weighted by Gasteiger charge is -2.19. The molecule has 1 N–H and O–H groups in total. The monoisotopic (exact) mass is 310 g/mol. The Morgan fingerprint density at radius 3 is 2.78 bits per heavy atom. The highest BCUT2D eigenvalue weighted by Gasteiger charge is 2.17. The summed E-state index contributed by atoms with van der Waals surface area (Å²) in [4.78, 5) is 12.3. The van der Waals surface area contributed by atoms with Gasteiger partial charge < -0.3 is 9.84 Å². The van der Waals surface area contributed by atoms with E-state index in [0.717, 1.165) is 11.3 Å². The number of benzene rings is 1. The van der Waals surface area contributed by atoms with Gasteiger partial charge in [-0.25, -0.2) is 0 Å². The zero-order valence-electron chi connectivity index (χ0n) is 12.8. The Hall–Kier alpha value is -2.89. The van der Waals surface area contributed by atoms with Crippen molar-refractivity contribution in [2.75, 3.05) is 0 Å². The summed E-state index contributed by atoms with van der Waals surface area (Å²) in [5.74, 6) is 0.452. The van der Waals surface area contributed by atoms with E-state index < -0.39 is 0 Å². The third-order valence-corrected chi connectivity index (χ3v) is 3.48. The molecule has 0 aliphatic carbocycles. The van der Waals surface area contributed by atoms with Gasteiger partial charge >= 0.3 is 0 Å². The van der Waals surface area contributed by atoms with E-state index in [9.17, 15) is 4.79 Å². The quantitative estimate of drug-likeness (QED) is 0.758. The van der Waals surface area contributed by atoms with Crippen LogP contribution >= 0.6 is 0 Å². The van der Waals surface area contributed by atoms with E-state index in [1.807, 2.05) is 49.5 Å². The summed E-state index contributed by atoms with van der Waals surface area (Å²) in [5.41, 5.74) is 1.80. The van der Waals surface area contributed by atoms with Crippen LogP contribution in [0.15, 0.2) is 59.4 Å². The second-order valence-electron chi connectivity index (χ2n) is 5.37. The first kappa shape index (κ1) is 15.0. The van der Waals surface area contributed by atoms with Crippen LogP contribution in [-0.2, 0) is 17.8 Å². The first-order chi connectivity index (χ1) is 11.2. The molecule has 3 rings (SSSR count). The number of nitrogens with one attached hydrogen (secondary N) is 1. The van der Waals surface area contributed by atoms with Gasteiger partial charge in [-0.1, -0.05) is 35.5 Å². The Morgan fingerprint density at radius 1 is 1.30 bits per heavy atom. The van der Waals surface area contributed by atoms with Crippen molar-refractivity contribution in [3.63, 3.8) is 0 Å². The van der Waals surface area contributed by atoms with Gasteiger partial charge in [0.05, 0.1) is 24.7 Å². The molecule has 0 radical (unpaired) electrons. The van der Waals surface area contributed by atoms with Crippen LogP contribution in [0, 0.1) is 6.92 Å². The van der Waals surface area contributed by atoms with Gasteiger partial charge in [-0.15, -0.1) is 0 Å². The number of nitrogens with zero attached hydrogens (tertiary/aromatic N) is 3. The van der Waals surface area contributed by atoms with Gasteiger partial charge in [0.25, 0.3) is 0 Å². The Balaban J connectivity index is 1.71. The lowest BCUT2D eigenvalue weighted by atomic mass is 10.1. The summed E-state index contributed by atoms with van der Waals surface area (Å²) in [6, 6.07) is 13.3. The molecule has 0 bridgehead atoms.